The smallest absolute Gasteiger partial charge is 0.341 e. The van der Waals surface area contributed by atoms with Gasteiger partial charge in [0.05, 0.1) is 12.5 Å². The Labute approximate surface area is 185 Å². The first-order chi connectivity index (χ1) is 14.7. The molecule has 1 aliphatic rings. The molecule has 164 valence electrons. The number of anilines is 1. The first kappa shape index (κ1) is 22.7. The van der Waals surface area contributed by atoms with Gasteiger partial charge in [-0.3, -0.25) is 4.79 Å². The Morgan fingerprint density at radius 2 is 1.81 bits per heavy atom. The number of esters is 1. The second kappa shape index (κ2) is 9.47. The molecule has 1 aromatic carbocycles. The summed E-state index contributed by atoms with van der Waals surface area (Å²) in [6.07, 6.45) is 4.12. The van der Waals surface area contributed by atoms with Gasteiger partial charge in [-0.05, 0) is 51.7 Å². The zero-order valence-electron chi connectivity index (χ0n) is 18.1. The number of rotatable bonds is 6. The standard InChI is InChI=1S/C24H27NO5S/c1-5-30-24(29)20-19(18-12-13(2)10-11-14(18)3)15(4)31-22(20)25-21(26)16-8-6-7-9-17(16)23(27)28/h6-7,10-12,16-17H,5,8-9H2,1-4H3,(H,25,26)(H,27,28)/p-1. The summed E-state index contributed by atoms with van der Waals surface area (Å²) in [5, 5.41) is 14.7. The summed E-state index contributed by atoms with van der Waals surface area (Å²) in [5.41, 5.74) is 4.01. The molecule has 1 N–H and O–H groups in total. The van der Waals surface area contributed by atoms with Crippen LogP contribution in [-0.2, 0) is 14.3 Å². The lowest BCUT2D eigenvalue weighted by Gasteiger charge is -2.28. The Balaban J connectivity index is 2.05. The highest BCUT2D eigenvalue weighted by Crippen LogP contribution is 2.42. The zero-order chi connectivity index (χ0) is 22.7. The van der Waals surface area contributed by atoms with E-state index in [1.165, 1.54) is 11.3 Å². The number of allylic oxidation sites excluding steroid dienone is 2. The van der Waals surface area contributed by atoms with Gasteiger partial charge in [0.2, 0.25) is 5.91 Å². The average Bonchev–Trinajstić information content (AvgIpc) is 3.05. The number of hydrogen-bond donors (Lipinski definition) is 1. The van der Waals surface area contributed by atoms with Crippen molar-refractivity contribution in [1.29, 1.82) is 0 Å². The number of hydrogen-bond acceptors (Lipinski definition) is 6. The molecule has 31 heavy (non-hydrogen) atoms. The minimum atomic E-state index is -1.24. The van der Waals surface area contributed by atoms with Crippen LogP contribution in [0.1, 0.15) is 46.1 Å². The van der Waals surface area contributed by atoms with Crippen LogP contribution >= 0.6 is 11.3 Å². The Bertz CT molecular complexity index is 1050. The van der Waals surface area contributed by atoms with Gasteiger partial charge in [0.15, 0.2) is 0 Å². The number of aliphatic carboxylic acids is 1. The van der Waals surface area contributed by atoms with Crippen molar-refractivity contribution >= 4 is 34.2 Å². The highest BCUT2D eigenvalue weighted by molar-refractivity contribution is 7.17. The Kier molecular flexibility index (Phi) is 6.95. The van der Waals surface area contributed by atoms with E-state index in [2.05, 4.69) is 5.32 Å². The van der Waals surface area contributed by atoms with Gasteiger partial charge in [0.25, 0.3) is 0 Å². The molecule has 2 aromatic rings. The number of ether oxygens (including phenoxy) is 1. The minimum absolute atomic E-state index is 0.202. The molecule has 0 aliphatic heterocycles. The van der Waals surface area contributed by atoms with Crippen molar-refractivity contribution in [3.63, 3.8) is 0 Å². The van der Waals surface area contributed by atoms with Crippen molar-refractivity contribution in [2.75, 3.05) is 11.9 Å². The molecule has 0 spiro atoms. The fourth-order valence-electron chi connectivity index (χ4n) is 3.93. The molecule has 7 heteroatoms. The fraction of sp³-hybridized carbons (Fsp3) is 0.375. The molecular weight excluding hydrogens is 414 g/mol. The van der Waals surface area contributed by atoms with Crippen LogP contribution in [0.4, 0.5) is 5.00 Å². The lowest BCUT2D eigenvalue weighted by atomic mass is 9.82. The zero-order valence-corrected chi connectivity index (χ0v) is 18.9. The van der Waals surface area contributed by atoms with Crippen LogP contribution in [0, 0.1) is 32.6 Å². The third-order valence-electron chi connectivity index (χ3n) is 5.53. The van der Waals surface area contributed by atoms with E-state index in [1.54, 1.807) is 19.1 Å². The SMILES string of the molecule is CCOC(=O)c1c(NC(=O)C2CC=CCC2C(=O)[O-])sc(C)c1-c1cc(C)ccc1C. The number of benzene rings is 1. The first-order valence-electron chi connectivity index (χ1n) is 10.3. The maximum Gasteiger partial charge on any atom is 0.341 e. The third kappa shape index (κ3) is 4.71. The second-order valence-corrected chi connectivity index (χ2v) is 8.97. The Morgan fingerprint density at radius 1 is 1.13 bits per heavy atom. The molecule has 6 nitrogen and oxygen atoms in total. The maximum atomic E-state index is 13.0. The summed E-state index contributed by atoms with van der Waals surface area (Å²) >= 11 is 1.29. The number of amides is 1. The van der Waals surface area contributed by atoms with E-state index in [0.29, 0.717) is 17.0 Å². The topological polar surface area (TPSA) is 95.5 Å². The largest absolute Gasteiger partial charge is 0.550 e. The third-order valence-corrected chi connectivity index (χ3v) is 6.56. The summed E-state index contributed by atoms with van der Waals surface area (Å²) < 4.78 is 5.30. The van der Waals surface area contributed by atoms with Gasteiger partial charge in [-0.1, -0.05) is 35.9 Å². The number of carboxylic acids is 1. The van der Waals surface area contributed by atoms with Gasteiger partial charge in [0.1, 0.15) is 10.6 Å². The van der Waals surface area contributed by atoms with Gasteiger partial charge in [0, 0.05) is 22.3 Å². The number of carbonyl (C=O) groups is 3. The molecule has 3 rings (SSSR count). The van der Waals surface area contributed by atoms with E-state index < -0.39 is 29.7 Å². The van der Waals surface area contributed by atoms with E-state index in [1.807, 2.05) is 39.0 Å². The Morgan fingerprint density at radius 3 is 2.45 bits per heavy atom. The average molecular weight is 441 g/mol. The van der Waals surface area contributed by atoms with Crippen molar-refractivity contribution in [2.45, 2.75) is 40.5 Å². The summed E-state index contributed by atoms with van der Waals surface area (Å²) in [6, 6.07) is 6.01. The molecule has 1 aromatic heterocycles. The van der Waals surface area contributed by atoms with Crippen molar-refractivity contribution < 1.29 is 24.2 Å². The van der Waals surface area contributed by atoms with Gasteiger partial charge < -0.3 is 20.0 Å². The molecule has 0 bridgehead atoms. The summed E-state index contributed by atoms with van der Waals surface area (Å²) in [5.74, 6) is -3.84. The van der Waals surface area contributed by atoms with Gasteiger partial charge in [-0.25, -0.2) is 4.79 Å². The molecule has 1 amide bonds. The fourth-order valence-corrected chi connectivity index (χ4v) is 4.99. The molecule has 0 saturated heterocycles. The van der Waals surface area contributed by atoms with Crippen LogP contribution in [0.15, 0.2) is 30.4 Å². The summed E-state index contributed by atoms with van der Waals surface area (Å²) in [4.78, 5) is 38.3. The monoisotopic (exact) mass is 440 g/mol. The normalized spacial score (nSPS) is 17.9. The molecule has 1 aliphatic carbocycles. The molecule has 1 heterocycles. The highest BCUT2D eigenvalue weighted by atomic mass is 32.1. The number of carbonyl (C=O) groups excluding carboxylic acids is 3. The molecule has 2 atom stereocenters. The molecular formula is C24H26NO5S-. The van der Waals surface area contributed by atoms with Crippen LogP contribution in [-0.4, -0.2) is 24.5 Å². The van der Waals surface area contributed by atoms with E-state index in [4.69, 9.17) is 4.74 Å². The van der Waals surface area contributed by atoms with Crippen molar-refractivity contribution in [3.05, 3.63) is 51.9 Å². The summed E-state index contributed by atoms with van der Waals surface area (Å²) in [6.45, 7) is 7.78. The molecule has 0 radical (unpaired) electrons. The Hall–Kier alpha value is -2.93. The van der Waals surface area contributed by atoms with Crippen molar-refractivity contribution in [2.24, 2.45) is 11.8 Å². The quantitative estimate of drug-likeness (QED) is 0.545. The van der Waals surface area contributed by atoms with E-state index >= 15 is 0 Å². The van der Waals surface area contributed by atoms with Crippen LogP contribution in [0.2, 0.25) is 0 Å². The van der Waals surface area contributed by atoms with E-state index in [9.17, 15) is 19.5 Å². The van der Waals surface area contributed by atoms with E-state index in [0.717, 1.165) is 27.1 Å². The predicted octanol–water partition coefficient (Wildman–Crippen LogP) is 3.79. The van der Waals surface area contributed by atoms with Gasteiger partial charge >= 0.3 is 5.97 Å². The number of carboxylic acid groups (broad SMARTS) is 1. The van der Waals surface area contributed by atoms with Gasteiger partial charge in [-0.2, -0.15) is 0 Å². The number of nitrogens with one attached hydrogen (secondary N) is 1. The predicted molar refractivity (Wildman–Crippen MR) is 119 cm³/mol. The van der Waals surface area contributed by atoms with Crippen LogP contribution in [0.5, 0.6) is 0 Å². The highest BCUT2D eigenvalue weighted by Gasteiger charge is 2.32. The number of aryl methyl sites for hydroxylation is 3. The van der Waals surface area contributed by atoms with Crippen LogP contribution < -0.4 is 10.4 Å². The van der Waals surface area contributed by atoms with E-state index in [-0.39, 0.29) is 13.0 Å². The second-order valence-electron chi connectivity index (χ2n) is 7.74. The molecule has 0 saturated carbocycles. The first-order valence-corrected chi connectivity index (χ1v) is 11.1. The lowest BCUT2D eigenvalue weighted by Crippen LogP contribution is -2.41. The summed E-state index contributed by atoms with van der Waals surface area (Å²) in [7, 11) is 0. The van der Waals surface area contributed by atoms with Gasteiger partial charge in [-0.15, -0.1) is 11.3 Å². The van der Waals surface area contributed by atoms with Crippen LogP contribution in [0.25, 0.3) is 11.1 Å². The van der Waals surface area contributed by atoms with Crippen molar-refractivity contribution in [3.8, 4) is 11.1 Å². The maximum absolute atomic E-state index is 13.0. The van der Waals surface area contributed by atoms with Crippen LogP contribution in [0.3, 0.4) is 0 Å². The van der Waals surface area contributed by atoms with Crippen molar-refractivity contribution in [1.82, 2.24) is 0 Å². The number of thiophene rings is 1. The minimum Gasteiger partial charge on any atom is -0.550 e. The molecule has 0 fully saturated rings. The lowest BCUT2D eigenvalue weighted by molar-refractivity contribution is -0.313. The molecule has 2 unspecified atom stereocenters.